The van der Waals surface area contributed by atoms with E-state index in [1.54, 1.807) is 12.1 Å². The second-order valence-electron chi connectivity index (χ2n) is 8.34. The largest absolute Gasteiger partial charge is 0.459 e. The lowest BCUT2D eigenvalue weighted by Crippen LogP contribution is -2.50. The summed E-state index contributed by atoms with van der Waals surface area (Å²) in [6.45, 7) is 8.86. The highest BCUT2D eigenvalue weighted by molar-refractivity contribution is 6.31. The van der Waals surface area contributed by atoms with Gasteiger partial charge in [0.15, 0.2) is 11.6 Å². The minimum absolute atomic E-state index is 0. The van der Waals surface area contributed by atoms with Gasteiger partial charge in [0, 0.05) is 31.2 Å². The van der Waals surface area contributed by atoms with Crippen molar-refractivity contribution >= 4 is 29.9 Å². The number of carbonyl (C=O) groups excluding carboxylic acids is 1. The number of piperazine rings is 1. The average Bonchev–Trinajstić information content (AvgIpc) is 3.48. The Morgan fingerprint density at radius 1 is 1.16 bits per heavy atom. The number of benzene rings is 1. The van der Waals surface area contributed by atoms with E-state index in [9.17, 15) is 4.79 Å². The van der Waals surface area contributed by atoms with Crippen molar-refractivity contribution in [2.24, 2.45) is 0 Å². The Kier molecular flexibility index (Phi) is 7.59. The predicted molar refractivity (Wildman–Crippen MR) is 124 cm³/mol. The van der Waals surface area contributed by atoms with Crippen molar-refractivity contribution in [2.75, 3.05) is 26.2 Å². The third-order valence-corrected chi connectivity index (χ3v) is 6.42. The normalized spacial score (nSPS) is 15.9. The molecular weight excluding hydrogens is 451 g/mol. The molecule has 1 aromatic carbocycles. The van der Waals surface area contributed by atoms with Gasteiger partial charge in [0.1, 0.15) is 0 Å². The molecule has 1 fully saturated rings. The van der Waals surface area contributed by atoms with Crippen LogP contribution in [0.2, 0.25) is 5.02 Å². The number of hydrogen-bond donors (Lipinski definition) is 0. The van der Waals surface area contributed by atoms with Crippen LogP contribution in [0, 0.1) is 0 Å². The van der Waals surface area contributed by atoms with Crippen molar-refractivity contribution in [1.82, 2.24) is 30.0 Å². The molecule has 0 saturated carbocycles. The zero-order chi connectivity index (χ0) is 22.0. The molecule has 1 atom stereocenters. The average molecular weight is 479 g/mol. The standard InChI is InChI=1S/C22H27ClN6O2.ClH/c1-4-22(2,3)29-20(24-25-26-29)19(16-8-5-6-9-17(16)23)27-11-13-28(14-12-27)21(30)18-10-7-15-31-18;/h5-10,15,19H,4,11-14H2,1-3H3;1H. The highest BCUT2D eigenvalue weighted by Crippen LogP contribution is 2.35. The molecular formula is C22H28Cl2N6O2. The van der Waals surface area contributed by atoms with Crippen LogP contribution in [-0.2, 0) is 5.54 Å². The van der Waals surface area contributed by atoms with Gasteiger partial charge in [-0.05, 0) is 54.5 Å². The lowest BCUT2D eigenvalue weighted by molar-refractivity contribution is 0.0555. The zero-order valence-electron chi connectivity index (χ0n) is 18.4. The zero-order valence-corrected chi connectivity index (χ0v) is 20.0. The van der Waals surface area contributed by atoms with Gasteiger partial charge >= 0.3 is 0 Å². The summed E-state index contributed by atoms with van der Waals surface area (Å²) < 4.78 is 7.18. The van der Waals surface area contributed by atoms with Crippen molar-refractivity contribution in [3.05, 3.63) is 64.8 Å². The molecule has 3 aromatic rings. The first-order valence-corrected chi connectivity index (χ1v) is 10.9. The molecule has 10 heteroatoms. The van der Waals surface area contributed by atoms with Crippen molar-refractivity contribution in [3.63, 3.8) is 0 Å². The molecule has 1 unspecified atom stereocenters. The van der Waals surface area contributed by atoms with E-state index in [-0.39, 0.29) is 29.9 Å². The minimum Gasteiger partial charge on any atom is -0.459 e. The molecule has 32 heavy (non-hydrogen) atoms. The number of carbonyl (C=O) groups is 1. The molecule has 0 aliphatic carbocycles. The lowest BCUT2D eigenvalue weighted by Gasteiger charge is -2.39. The van der Waals surface area contributed by atoms with E-state index < -0.39 is 0 Å². The molecule has 1 aliphatic heterocycles. The van der Waals surface area contributed by atoms with Gasteiger partial charge < -0.3 is 9.32 Å². The SMILES string of the molecule is CCC(C)(C)n1nnnc1C(c1ccccc1Cl)N1CCN(C(=O)c2ccco2)CC1.Cl. The van der Waals surface area contributed by atoms with Crippen LogP contribution in [0.15, 0.2) is 47.1 Å². The monoisotopic (exact) mass is 478 g/mol. The number of nitrogens with zero attached hydrogens (tertiary/aromatic N) is 6. The third-order valence-electron chi connectivity index (χ3n) is 6.08. The number of halogens is 2. The van der Waals surface area contributed by atoms with Crippen LogP contribution in [0.5, 0.6) is 0 Å². The molecule has 1 saturated heterocycles. The van der Waals surface area contributed by atoms with E-state index in [4.69, 9.17) is 16.0 Å². The van der Waals surface area contributed by atoms with Gasteiger partial charge in [0.25, 0.3) is 5.91 Å². The maximum absolute atomic E-state index is 12.7. The maximum atomic E-state index is 12.7. The Hall–Kier alpha value is -2.42. The van der Waals surface area contributed by atoms with Crippen LogP contribution < -0.4 is 0 Å². The molecule has 0 N–H and O–H groups in total. The summed E-state index contributed by atoms with van der Waals surface area (Å²) in [5, 5.41) is 13.4. The fraction of sp³-hybridized carbons (Fsp3) is 0.455. The molecule has 172 valence electrons. The van der Waals surface area contributed by atoms with Gasteiger partial charge in [-0.1, -0.05) is 36.7 Å². The molecule has 0 radical (unpaired) electrons. The van der Waals surface area contributed by atoms with Crippen molar-refractivity contribution in [2.45, 2.75) is 38.8 Å². The molecule has 3 heterocycles. The smallest absolute Gasteiger partial charge is 0.289 e. The van der Waals surface area contributed by atoms with Gasteiger partial charge in [-0.25, -0.2) is 4.68 Å². The Balaban J connectivity index is 0.00000289. The molecule has 4 rings (SSSR count). The minimum atomic E-state index is -0.241. The second kappa shape index (κ2) is 10.0. The van der Waals surface area contributed by atoms with E-state index in [2.05, 4.69) is 41.2 Å². The molecule has 2 aromatic heterocycles. The van der Waals surface area contributed by atoms with Crippen molar-refractivity contribution in [3.8, 4) is 0 Å². The van der Waals surface area contributed by atoms with E-state index in [1.807, 2.05) is 33.8 Å². The number of hydrogen-bond acceptors (Lipinski definition) is 6. The number of aromatic nitrogens is 4. The summed E-state index contributed by atoms with van der Waals surface area (Å²) in [5.41, 5.74) is 0.716. The van der Waals surface area contributed by atoms with Gasteiger partial charge in [-0.3, -0.25) is 9.69 Å². The number of rotatable bonds is 6. The van der Waals surface area contributed by atoms with Gasteiger partial charge in [0.05, 0.1) is 17.8 Å². The first-order chi connectivity index (χ1) is 14.9. The Bertz CT molecular complexity index is 1030. The topological polar surface area (TPSA) is 80.3 Å². The summed E-state index contributed by atoms with van der Waals surface area (Å²) in [7, 11) is 0. The van der Waals surface area contributed by atoms with E-state index in [0.717, 1.165) is 17.8 Å². The highest BCUT2D eigenvalue weighted by Gasteiger charge is 2.36. The molecule has 0 spiro atoms. The Morgan fingerprint density at radius 3 is 2.50 bits per heavy atom. The van der Waals surface area contributed by atoms with Crippen LogP contribution in [0.25, 0.3) is 0 Å². The quantitative estimate of drug-likeness (QED) is 0.531. The van der Waals surface area contributed by atoms with Gasteiger partial charge in [-0.2, -0.15) is 0 Å². The summed E-state index contributed by atoms with van der Waals surface area (Å²) in [6, 6.07) is 11.0. The first kappa shape index (κ1) is 24.2. The molecule has 0 bridgehead atoms. The van der Waals surface area contributed by atoms with Crippen molar-refractivity contribution < 1.29 is 9.21 Å². The fourth-order valence-electron chi connectivity index (χ4n) is 3.88. The molecule has 8 nitrogen and oxygen atoms in total. The summed E-state index contributed by atoms with van der Waals surface area (Å²) in [5.74, 6) is 1.03. The van der Waals surface area contributed by atoms with Gasteiger partial charge in [-0.15, -0.1) is 17.5 Å². The van der Waals surface area contributed by atoms with Crippen LogP contribution in [0.3, 0.4) is 0 Å². The maximum Gasteiger partial charge on any atom is 0.289 e. The summed E-state index contributed by atoms with van der Waals surface area (Å²) >= 11 is 6.62. The number of furan rings is 1. The third kappa shape index (κ3) is 4.67. The summed E-state index contributed by atoms with van der Waals surface area (Å²) in [6.07, 6.45) is 2.40. The lowest BCUT2D eigenvalue weighted by atomic mass is 9.99. The predicted octanol–water partition coefficient (Wildman–Crippen LogP) is 4.03. The van der Waals surface area contributed by atoms with E-state index >= 15 is 0 Å². The van der Waals surface area contributed by atoms with E-state index in [1.165, 1.54) is 6.26 Å². The number of amides is 1. The second-order valence-corrected chi connectivity index (χ2v) is 8.75. The van der Waals surface area contributed by atoms with Gasteiger partial charge in [0.2, 0.25) is 0 Å². The molecule has 1 aliphatic rings. The Morgan fingerprint density at radius 2 is 1.88 bits per heavy atom. The Labute approximate surface area is 198 Å². The number of tetrazole rings is 1. The summed E-state index contributed by atoms with van der Waals surface area (Å²) in [4.78, 5) is 16.8. The van der Waals surface area contributed by atoms with Crippen molar-refractivity contribution in [1.29, 1.82) is 0 Å². The fourth-order valence-corrected chi connectivity index (χ4v) is 4.12. The first-order valence-electron chi connectivity index (χ1n) is 10.5. The highest BCUT2D eigenvalue weighted by atomic mass is 35.5. The van der Waals surface area contributed by atoms with Crippen LogP contribution >= 0.6 is 24.0 Å². The van der Waals surface area contributed by atoms with Crippen LogP contribution in [-0.4, -0.2) is 62.1 Å². The molecule has 1 amide bonds. The van der Waals surface area contributed by atoms with Crippen LogP contribution in [0.1, 0.15) is 55.2 Å². The van der Waals surface area contributed by atoms with Crippen LogP contribution in [0.4, 0.5) is 0 Å². The van der Waals surface area contributed by atoms with E-state index in [0.29, 0.717) is 37.0 Å².